The number of rotatable bonds is 4. The van der Waals surface area contributed by atoms with Crippen LogP contribution in [0.2, 0.25) is 0 Å². The summed E-state index contributed by atoms with van der Waals surface area (Å²) >= 11 is 0. The molecule has 0 atom stereocenters. The number of carbonyl (C=O) groups is 2. The number of hydrogen-bond donors (Lipinski definition) is 3. The molecule has 3 aromatic carbocycles. The molecule has 0 saturated carbocycles. The average Bonchev–Trinajstić information content (AvgIpc) is 3.10. The van der Waals surface area contributed by atoms with Gasteiger partial charge in [0.25, 0.3) is 5.91 Å². The molecule has 1 aliphatic heterocycles. The van der Waals surface area contributed by atoms with E-state index in [1.807, 2.05) is 48.5 Å². The van der Waals surface area contributed by atoms with Crippen LogP contribution < -0.4 is 20.7 Å². The van der Waals surface area contributed by atoms with E-state index in [0.717, 1.165) is 22.3 Å². The molecule has 0 aliphatic carbocycles. The van der Waals surface area contributed by atoms with Crippen LogP contribution in [0.15, 0.2) is 66.7 Å². The molecule has 0 aromatic heterocycles. The van der Waals surface area contributed by atoms with Gasteiger partial charge in [0.2, 0.25) is 0 Å². The minimum Gasteiger partial charge on any atom is -0.497 e. The second-order valence-electron chi connectivity index (χ2n) is 6.40. The fourth-order valence-corrected chi connectivity index (χ4v) is 3.25. The highest BCUT2D eigenvalue weighted by Crippen LogP contribution is 2.30. The van der Waals surface area contributed by atoms with Gasteiger partial charge < -0.3 is 20.7 Å². The van der Waals surface area contributed by atoms with Crippen LogP contribution in [-0.2, 0) is 6.54 Å². The summed E-state index contributed by atoms with van der Waals surface area (Å²) in [6.45, 7) is 0.535. The number of benzene rings is 3. The van der Waals surface area contributed by atoms with Crippen molar-refractivity contribution in [3.8, 4) is 16.9 Å². The van der Waals surface area contributed by atoms with Crippen molar-refractivity contribution in [1.82, 2.24) is 5.32 Å². The van der Waals surface area contributed by atoms with Crippen molar-refractivity contribution >= 4 is 23.3 Å². The summed E-state index contributed by atoms with van der Waals surface area (Å²) in [7, 11) is 1.58. The van der Waals surface area contributed by atoms with Crippen molar-refractivity contribution in [3.63, 3.8) is 0 Å². The lowest BCUT2D eigenvalue weighted by Gasteiger charge is -2.10. The minimum absolute atomic E-state index is 0.0376. The van der Waals surface area contributed by atoms with Gasteiger partial charge in [0, 0.05) is 29.5 Å². The highest BCUT2D eigenvalue weighted by atomic mass is 16.5. The highest BCUT2D eigenvalue weighted by molar-refractivity contribution is 6.01. The smallest absolute Gasteiger partial charge is 0.323 e. The van der Waals surface area contributed by atoms with Gasteiger partial charge in [-0.1, -0.05) is 30.3 Å². The molecule has 0 fully saturated rings. The number of nitrogens with one attached hydrogen (secondary N) is 3. The Hall–Kier alpha value is -3.80. The molecule has 6 heteroatoms. The Labute approximate surface area is 162 Å². The molecule has 4 rings (SSSR count). The molecule has 0 unspecified atom stereocenters. The monoisotopic (exact) mass is 373 g/mol. The summed E-state index contributed by atoms with van der Waals surface area (Å²) in [6.07, 6.45) is 0. The van der Waals surface area contributed by atoms with Crippen LogP contribution in [0.4, 0.5) is 16.2 Å². The fraction of sp³-hybridized carbons (Fsp3) is 0.0909. The first-order valence-electron chi connectivity index (χ1n) is 8.86. The summed E-state index contributed by atoms with van der Waals surface area (Å²) in [5.74, 6) is 0.634. The van der Waals surface area contributed by atoms with Gasteiger partial charge in [0.1, 0.15) is 5.75 Å². The Morgan fingerprint density at radius 2 is 1.64 bits per heavy atom. The molecule has 0 radical (unpaired) electrons. The van der Waals surface area contributed by atoms with Gasteiger partial charge in [0.05, 0.1) is 7.11 Å². The zero-order valence-electron chi connectivity index (χ0n) is 15.3. The van der Waals surface area contributed by atoms with Gasteiger partial charge in [0.15, 0.2) is 0 Å². The molecular weight excluding hydrogens is 354 g/mol. The Balaban J connectivity index is 1.47. The third kappa shape index (κ3) is 3.53. The minimum atomic E-state index is -0.337. The topological polar surface area (TPSA) is 79.5 Å². The van der Waals surface area contributed by atoms with E-state index in [4.69, 9.17) is 4.74 Å². The summed E-state index contributed by atoms with van der Waals surface area (Å²) < 4.78 is 5.15. The molecule has 0 bridgehead atoms. The Bertz CT molecular complexity index is 1050. The van der Waals surface area contributed by atoms with Crippen molar-refractivity contribution in [2.75, 3.05) is 17.7 Å². The summed E-state index contributed by atoms with van der Waals surface area (Å²) in [6, 6.07) is 20.1. The third-order valence-electron chi connectivity index (χ3n) is 4.63. The summed E-state index contributed by atoms with van der Waals surface area (Å²) in [5, 5.41) is 8.43. The van der Waals surface area contributed by atoms with Crippen molar-refractivity contribution in [3.05, 3.63) is 77.9 Å². The Morgan fingerprint density at radius 1 is 0.929 bits per heavy atom. The van der Waals surface area contributed by atoms with Crippen LogP contribution >= 0.6 is 0 Å². The van der Waals surface area contributed by atoms with E-state index >= 15 is 0 Å². The molecule has 140 valence electrons. The predicted octanol–water partition coefficient (Wildman–Crippen LogP) is 4.25. The van der Waals surface area contributed by atoms with Crippen molar-refractivity contribution in [1.29, 1.82) is 0 Å². The van der Waals surface area contributed by atoms with Gasteiger partial charge in [-0.15, -0.1) is 0 Å². The second-order valence-corrected chi connectivity index (χ2v) is 6.40. The summed E-state index contributed by atoms with van der Waals surface area (Å²) in [4.78, 5) is 24.1. The van der Waals surface area contributed by atoms with Crippen molar-refractivity contribution < 1.29 is 14.3 Å². The zero-order chi connectivity index (χ0) is 19.5. The molecule has 1 heterocycles. The normalized spacial score (nSPS) is 12.1. The molecule has 0 saturated heterocycles. The first kappa shape index (κ1) is 17.6. The summed E-state index contributed by atoms with van der Waals surface area (Å²) in [5.41, 5.74) is 5.05. The number of urea groups is 1. The van der Waals surface area contributed by atoms with E-state index in [2.05, 4.69) is 16.0 Å². The molecule has 1 aliphatic rings. The molecule has 3 amide bonds. The maximum Gasteiger partial charge on any atom is 0.323 e. The highest BCUT2D eigenvalue weighted by Gasteiger charge is 2.21. The maximum absolute atomic E-state index is 12.2. The Kier molecular flexibility index (Phi) is 4.68. The first-order chi connectivity index (χ1) is 13.6. The number of amides is 3. The standard InChI is InChI=1S/C22H19N3O3/c1-28-17-5-2-4-16(12-17)25-22(27)24-15-10-8-14(9-11-15)18-6-3-7-19-20(18)13-23-21(19)26/h2-12H,13H2,1H3,(H,23,26)(H2,24,25,27). The van der Waals surface area contributed by atoms with E-state index in [1.165, 1.54) is 0 Å². The number of ether oxygens (including phenoxy) is 1. The number of anilines is 2. The van der Waals surface area contributed by atoms with Crippen LogP contribution in [0.1, 0.15) is 15.9 Å². The van der Waals surface area contributed by atoms with Gasteiger partial charge in [-0.2, -0.15) is 0 Å². The Morgan fingerprint density at radius 3 is 2.43 bits per heavy atom. The quantitative estimate of drug-likeness (QED) is 0.640. The predicted molar refractivity (Wildman–Crippen MR) is 109 cm³/mol. The molecule has 3 aromatic rings. The number of fused-ring (bicyclic) bond motifs is 1. The van der Waals surface area contributed by atoms with Crippen LogP contribution in [0, 0.1) is 0 Å². The third-order valence-corrected chi connectivity index (χ3v) is 4.63. The molecule has 6 nitrogen and oxygen atoms in total. The first-order valence-corrected chi connectivity index (χ1v) is 8.86. The van der Waals surface area contributed by atoms with E-state index in [9.17, 15) is 9.59 Å². The SMILES string of the molecule is COc1cccc(NC(=O)Nc2ccc(-c3cccc4c3CNC4=O)cc2)c1. The van der Waals surface area contributed by atoms with Gasteiger partial charge in [-0.25, -0.2) is 4.79 Å². The van der Waals surface area contributed by atoms with E-state index in [0.29, 0.717) is 23.7 Å². The van der Waals surface area contributed by atoms with Crippen LogP contribution in [0.25, 0.3) is 11.1 Å². The van der Waals surface area contributed by atoms with Crippen molar-refractivity contribution in [2.45, 2.75) is 6.54 Å². The zero-order valence-corrected chi connectivity index (χ0v) is 15.3. The van der Waals surface area contributed by atoms with E-state index in [-0.39, 0.29) is 11.9 Å². The van der Waals surface area contributed by atoms with Gasteiger partial charge in [-0.3, -0.25) is 4.79 Å². The van der Waals surface area contributed by atoms with Crippen LogP contribution in [-0.4, -0.2) is 19.0 Å². The van der Waals surface area contributed by atoms with E-state index in [1.54, 1.807) is 25.3 Å². The molecule has 3 N–H and O–H groups in total. The largest absolute Gasteiger partial charge is 0.497 e. The number of hydrogen-bond acceptors (Lipinski definition) is 3. The van der Waals surface area contributed by atoms with Gasteiger partial charge >= 0.3 is 6.03 Å². The van der Waals surface area contributed by atoms with Crippen LogP contribution in [0.5, 0.6) is 5.75 Å². The fourth-order valence-electron chi connectivity index (χ4n) is 3.25. The molecule has 0 spiro atoms. The lowest BCUT2D eigenvalue weighted by atomic mass is 9.97. The van der Waals surface area contributed by atoms with E-state index < -0.39 is 0 Å². The maximum atomic E-state index is 12.2. The number of carbonyl (C=O) groups excluding carboxylic acids is 2. The van der Waals surface area contributed by atoms with Crippen LogP contribution in [0.3, 0.4) is 0 Å². The average molecular weight is 373 g/mol. The van der Waals surface area contributed by atoms with Crippen molar-refractivity contribution in [2.24, 2.45) is 0 Å². The van der Waals surface area contributed by atoms with Gasteiger partial charge in [-0.05, 0) is 47.0 Å². The molecule has 28 heavy (non-hydrogen) atoms. The molecular formula is C22H19N3O3. The lowest BCUT2D eigenvalue weighted by Crippen LogP contribution is -2.19. The number of methoxy groups -OCH3 is 1. The second kappa shape index (κ2) is 7.44. The lowest BCUT2D eigenvalue weighted by molar-refractivity contribution is 0.0965.